The molecule has 0 radical (unpaired) electrons. The van der Waals surface area contributed by atoms with Crippen molar-refractivity contribution in [3.8, 4) is 0 Å². The lowest BCUT2D eigenvalue weighted by Gasteiger charge is -2.20. The molecule has 0 saturated heterocycles. The number of carbonyl (C=O) groups is 3. The van der Waals surface area contributed by atoms with Gasteiger partial charge in [0.1, 0.15) is 0 Å². The highest BCUT2D eigenvalue weighted by Crippen LogP contribution is 1.98. The van der Waals surface area contributed by atoms with Crippen LogP contribution in [0.1, 0.15) is 6.92 Å². The molecule has 1 atom stereocenters. The topological polar surface area (TPSA) is 105 Å². The molecule has 0 spiro atoms. The summed E-state index contributed by atoms with van der Waals surface area (Å²) in [4.78, 5) is 35.3. The monoisotopic (exact) mass is 244 g/mol. The number of nitrogens with two attached hydrogens (primary N) is 1. The second-order valence-corrected chi connectivity index (χ2v) is 3.75. The third-order valence-corrected chi connectivity index (χ3v) is 2.21. The summed E-state index contributed by atoms with van der Waals surface area (Å²) in [6, 6.07) is 0. The van der Waals surface area contributed by atoms with E-state index in [1.165, 1.54) is 19.0 Å². The van der Waals surface area contributed by atoms with Crippen LogP contribution in [0.25, 0.3) is 0 Å². The molecule has 98 valence electrons. The first-order valence-electron chi connectivity index (χ1n) is 5.39. The van der Waals surface area contributed by atoms with E-state index in [4.69, 9.17) is 5.73 Å². The average Bonchev–Trinajstić information content (AvgIpc) is 2.33. The number of amides is 3. The quantitative estimate of drug-likeness (QED) is 0.482. The summed E-state index contributed by atoms with van der Waals surface area (Å²) >= 11 is 0. The second-order valence-electron chi connectivity index (χ2n) is 3.75. The van der Waals surface area contributed by atoms with Gasteiger partial charge in [-0.15, -0.1) is 0 Å². The maximum Gasteiger partial charge on any atom is 0.311 e. The van der Waals surface area contributed by atoms with Gasteiger partial charge in [-0.1, -0.05) is 6.92 Å². The fourth-order valence-electron chi connectivity index (χ4n) is 1.26. The van der Waals surface area contributed by atoms with Gasteiger partial charge in [0.05, 0.1) is 5.92 Å². The van der Waals surface area contributed by atoms with Crippen LogP contribution in [-0.4, -0.2) is 56.4 Å². The van der Waals surface area contributed by atoms with E-state index in [9.17, 15) is 14.4 Å². The van der Waals surface area contributed by atoms with Gasteiger partial charge in [0.25, 0.3) is 0 Å². The first kappa shape index (κ1) is 15.4. The van der Waals surface area contributed by atoms with Gasteiger partial charge in [0.2, 0.25) is 5.91 Å². The van der Waals surface area contributed by atoms with Crippen molar-refractivity contribution in [2.45, 2.75) is 6.92 Å². The van der Waals surface area contributed by atoms with Gasteiger partial charge in [-0.2, -0.15) is 0 Å². The molecule has 0 aromatic heterocycles. The predicted octanol–water partition coefficient (Wildman–Crippen LogP) is -2.10. The van der Waals surface area contributed by atoms with Crippen molar-refractivity contribution in [2.75, 3.05) is 33.7 Å². The molecule has 0 aliphatic rings. The van der Waals surface area contributed by atoms with Crippen molar-refractivity contribution in [3.63, 3.8) is 0 Å². The molecule has 3 amide bonds. The van der Waals surface area contributed by atoms with E-state index in [0.29, 0.717) is 0 Å². The number of hydrogen-bond donors (Lipinski definition) is 3. The van der Waals surface area contributed by atoms with Crippen LogP contribution < -0.4 is 16.4 Å². The van der Waals surface area contributed by atoms with E-state index in [0.717, 1.165) is 0 Å². The molecule has 0 fully saturated rings. The fraction of sp³-hybridized carbons (Fsp3) is 0.700. The molecule has 0 aromatic carbocycles. The zero-order valence-electron chi connectivity index (χ0n) is 10.4. The van der Waals surface area contributed by atoms with Crippen molar-refractivity contribution in [1.29, 1.82) is 0 Å². The number of rotatable bonds is 5. The van der Waals surface area contributed by atoms with Gasteiger partial charge >= 0.3 is 11.8 Å². The minimum atomic E-state index is -0.706. The van der Waals surface area contributed by atoms with E-state index in [-0.39, 0.29) is 31.5 Å². The zero-order chi connectivity index (χ0) is 13.4. The van der Waals surface area contributed by atoms with Gasteiger partial charge < -0.3 is 21.3 Å². The highest BCUT2D eigenvalue weighted by molar-refractivity contribution is 6.34. The van der Waals surface area contributed by atoms with Crippen LogP contribution >= 0.6 is 0 Å². The lowest BCUT2D eigenvalue weighted by atomic mass is 10.1. The van der Waals surface area contributed by atoms with E-state index in [1.807, 2.05) is 0 Å². The van der Waals surface area contributed by atoms with Gasteiger partial charge in [-0.05, 0) is 0 Å². The highest BCUT2D eigenvalue weighted by Gasteiger charge is 2.21. The Labute approximate surface area is 101 Å². The molecule has 0 bridgehead atoms. The Hall–Kier alpha value is -1.63. The molecule has 7 nitrogen and oxygen atoms in total. The third kappa shape index (κ3) is 5.30. The molecule has 7 heteroatoms. The lowest BCUT2D eigenvalue weighted by Crippen LogP contribution is -2.45. The van der Waals surface area contributed by atoms with Crippen LogP contribution in [-0.2, 0) is 14.4 Å². The summed E-state index contributed by atoms with van der Waals surface area (Å²) in [7, 11) is 3.00. The van der Waals surface area contributed by atoms with Crippen LogP contribution in [0.2, 0.25) is 0 Å². The second kappa shape index (κ2) is 7.61. The van der Waals surface area contributed by atoms with Gasteiger partial charge in [-0.25, -0.2) is 0 Å². The molecule has 1 unspecified atom stereocenters. The summed E-state index contributed by atoms with van der Waals surface area (Å²) in [5.74, 6) is -1.92. The molecule has 0 heterocycles. The number of hydrogen-bond acceptors (Lipinski definition) is 4. The molecule has 0 aliphatic carbocycles. The standard InChI is InChI=1S/C10H20N4O3/c1-7(8(15)12-2)6-14(3)10(17)9(16)13-5-4-11/h7H,4-6,11H2,1-3H3,(H,12,15)(H,13,16). The Morgan fingerprint density at radius 2 is 1.94 bits per heavy atom. The minimum Gasteiger partial charge on any atom is -0.359 e. The third-order valence-electron chi connectivity index (χ3n) is 2.21. The van der Waals surface area contributed by atoms with Crippen LogP contribution in [0.5, 0.6) is 0 Å². The van der Waals surface area contributed by atoms with Gasteiger partial charge in [0, 0.05) is 33.7 Å². The van der Waals surface area contributed by atoms with E-state index in [1.54, 1.807) is 6.92 Å². The van der Waals surface area contributed by atoms with E-state index >= 15 is 0 Å². The van der Waals surface area contributed by atoms with Gasteiger partial charge in [0.15, 0.2) is 0 Å². The number of nitrogens with one attached hydrogen (secondary N) is 2. The Bertz CT molecular complexity index is 293. The minimum absolute atomic E-state index is 0.174. The molecule has 0 aromatic rings. The van der Waals surface area contributed by atoms with Crippen molar-refractivity contribution in [2.24, 2.45) is 11.7 Å². The Morgan fingerprint density at radius 3 is 2.41 bits per heavy atom. The molecular weight excluding hydrogens is 224 g/mol. The maximum atomic E-state index is 11.5. The fourth-order valence-corrected chi connectivity index (χ4v) is 1.26. The largest absolute Gasteiger partial charge is 0.359 e. The van der Waals surface area contributed by atoms with E-state index < -0.39 is 11.8 Å². The van der Waals surface area contributed by atoms with Crippen LogP contribution in [0.3, 0.4) is 0 Å². The Kier molecular flexibility index (Phi) is 6.88. The van der Waals surface area contributed by atoms with Crippen LogP contribution in [0, 0.1) is 5.92 Å². The summed E-state index contributed by atoms with van der Waals surface area (Å²) < 4.78 is 0. The average molecular weight is 244 g/mol. The van der Waals surface area contributed by atoms with Crippen molar-refractivity contribution >= 4 is 17.7 Å². The summed E-state index contributed by atoms with van der Waals surface area (Å²) in [5, 5.41) is 4.85. The molecule has 17 heavy (non-hydrogen) atoms. The molecule has 0 aliphatic heterocycles. The number of likely N-dealkylation sites (N-methyl/N-ethyl adjacent to an activating group) is 1. The Morgan fingerprint density at radius 1 is 1.35 bits per heavy atom. The van der Waals surface area contributed by atoms with Crippen LogP contribution in [0.15, 0.2) is 0 Å². The van der Waals surface area contributed by atoms with Crippen LogP contribution in [0.4, 0.5) is 0 Å². The molecule has 0 saturated carbocycles. The van der Waals surface area contributed by atoms with Gasteiger partial charge in [-0.3, -0.25) is 14.4 Å². The highest BCUT2D eigenvalue weighted by atomic mass is 16.2. The maximum absolute atomic E-state index is 11.5. The smallest absolute Gasteiger partial charge is 0.311 e. The number of nitrogens with zero attached hydrogens (tertiary/aromatic N) is 1. The normalized spacial score (nSPS) is 11.5. The lowest BCUT2D eigenvalue weighted by molar-refractivity contribution is -0.145. The summed E-state index contributed by atoms with van der Waals surface area (Å²) in [6.07, 6.45) is 0. The van der Waals surface area contributed by atoms with Crippen molar-refractivity contribution in [1.82, 2.24) is 15.5 Å². The molecular formula is C10H20N4O3. The molecule has 4 N–H and O–H groups in total. The zero-order valence-corrected chi connectivity index (χ0v) is 10.4. The summed E-state index contributed by atoms with van der Waals surface area (Å²) in [6.45, 7) is 2.40. The first-order valence-corrected chi connectivity index (χ1v) is 5.39. The first-order chi connectivity index (χ1) is 7.93. The predicted molar refractivity (Wildman–Crippen MR) is 62.9 cm³/mol. The number of carbonyl (C=O) groups excluding carboxylic acids is 3. The van der Waals surface area contributed by atoms with Crippen molar-refractivity contribution in [3.05, 3.63) is 0 Å². The molecule has 0 rings (SSSR count). The van der Waals surface area contributed by atoms with E-state index in [2.05, 4.69) is 10.6 Å². The SMILES string of the molecule is CNC(=O)C(C)CN(C)C(=O)C(=O)NCCN. The van der Waals surface area contributed by atoms with Crippen molar-refractivity contribution < 1.29 is 14.4 Å². The Balaban J connectivity index is 4.21. The summed E-state index contributed by atoms with van der Waals surface area (Å²) in [5.41, 5.74) is 5.20.